The molecule has 1 atom stereocenters. The highest BCUT2D eigenvalue weighted by Gasteiger charge is 2.07. The van der Waals surface area contributed by atoms with Crippen LogP contribution in [0.25, 0.3) is 0 Å². The first kappa shape index (κ1) is 15.3. The quantitative estimate of drug-likeness (QED) is 0.529. The van der Waals surface area contributed by atoms with E-state index in [4.69, 9.17) is 4.74 Å². The van der Waals surface area contributed by atoms with Crippen LogP contribution in [0.1, 0.15) is 6.92 Å². The third kappa shape index (κ3) is 9.88. The van der Waals surface area contributed by atoms with Crippen molar-refractivity contribution in [1.82, 2.24) is 10.6 Å². The first-order chi connectivity index (χ1) is 7.35. The van der Waals surface area contributed by atoms with Gasteiger partial charge in [0, 0.05) is 26.0 Å². The highest BCUT2D eigenvalue weighted by atomic mass is 32.2. The molecule has 16 heavy (non-hydrogen) atoms. The zero-order chi connectivity index (χ0) is 12.6. The minimum Gasteiger partial charge on any atom is -0.383 e. The number of methoxy groups -OCH3 is 1. The van der Waals surface area contributed by atoms with E-state index in [1.807, 2.05) is 6.92 Å². The van der Waals surface area contributed by atoms with Crippen LogP contribution in [0.15, 0.2) is 0 Å². The summed E-state index contributed by atoms with van der Waals surface area (Å²) in [5, 5.41) is 5.46. The van der Waals surface area contributed by atoms with Gasteiger partial charge in [-0.2, -0.15) is 0 Å². The zero-order valence-electron chi connectivity index (χ0n) is 9.95. The molecule has 0 aliphatic carbocycles. The van der Waals surface area contributed by atoms with E-state index in [0.717, 1.165) is 6.26 Å². The standard InChI is InChI=1S/C9H20N2O4S/c1-8(7-15-2)11-9(12)6-10-4-5-16(3,13)14/h8,10H,4-7H2,1-3H3,(H,11,12). The number of hydrogen-bond donors (Lipinski definition) is 2. The summed E-state index contributed by atoms with van der Waals surface area (Å²) in [6.07, 6.45) is 1.16. The van der Waals surface area contributed by atoms with Crippen molar-refractivity contribution in [1.29, 1.82) is 0 Å². The van der Waals surface area contributed by atoms with Crippen LogP contribution in [0.3, 0.4) is 0 Å². The van der Waals surface area contributed by atoms with E-state index in [1.54, 1.807) is 7.11 Å². The van der Waals surface area contributed by atoms with Crippen LogP contribution < -0.4 is 10.6 Å². The summed E-state index contributed by atoms with van der Waals surface area (Å²) in [4.78, 5) is 11.3. The van der Waals surface area contributed by atoms with E-state index in [2.05, 4.69) is 10.6 Å². The average Bonchev–Trinajstić information content (AvgIpc) is 2.11. The van der Waals surface area contributed by atoms with Crippen molar-refractivity contribution in [3.8, 4) is 0 Å². The van der Waals surface area contributed by atoms with Gasteiger partial charge in [0.25, 0.3) is 0 Å². The predicted molar refractivity (Wildman–Crippen MR) is 62.1 cm³/mol. The maximum absolute atomic E-state index is 11.3. The normalized spacial score (nSPS) is 13.4. The van der Waals surface area contributed by atoms with Crippen LogP contribution in [0.2, 0.25) is 0 Å². The lowest BCUT2D eigenvalue weighted by Gasteiger charge is -2.12. The molecule has 0 rings (SSSR count). The fraction of sp³-hybridized carbons (Fsp3) is 0.889. The SMILES string of the molecule is COCC(C)NC(=O)CNCCS(C)(=O)=O. The highest BCUT2D eigenvalue weighted by Crippen LogP contribution is 1.82. The Labute approximate surface area is 96.7 Å². The summed E-state index contributed by atoms with van der Waals surface area (Å²) in [6.45, 7) is 2.68. The van der Waals surface area contributed by atoms with Gasteiger partial charge in [0.2, 0.25) is 5.91 Å². The molecule has 0 aromatic rings. The summed E-state index contributed by atoms with van der Waals surface area (Å²) in [7, 11) is -1.41. The largest absolute Gasteiger partial charge is 0.383 e. The van der Waals surface area contributed by atoms with E-state index in [1.165, 1.54) is 0 Å². The molecule has 0 spiro atoms. The summed E-state index contributed by atoms with van der Waals surface area (Å²) in [5.41, 5.74) is 0. The Balaban J connectivity index is 3.59. The van der Waals surface area contributed by atoms with Crippen LogP contribution in [0.4, 0.5) is 0 Å². The average molecular weight is 252 g/mol. The number of carbonyl (C=O) groups is 1. The Bertz CT molecular complexity index is 303. The number of sulfone groups is 1. The third-order valence-corrected chi connectivity index (χ3v) is 2.70. The lowest BCUT2D eigenvalue weighted by molar-refractivity contribution is -0.121. The van der Waals surface area contributed by atoms with Crippen molar-refractivity contribution in [3.05, 3.63) is 0 Å². The molecule has 0 saturated heterocycles. The van der Waals surface area contributed by atoms with Gasteiger partial charge in [-0.3, -0.25) is 4.79 Å². The first-order valence-corrected chi connectivity index (χ1v) is 7.08. The van der Waals surface area contributed by atoms with Crippen LogP contribution in [-0.2, 0) is 19.4 Å². The van der Waals surface area contributed by atoms with Crippen LogP contribution in [0, 0.1) is 0 Å². The molecule has 96 valence electrons. The number of hydrogen-bond acceptors (Lipinski definition) is 5. The fourth-order valence-electron chi connectivity index (χ4n) is 1.08. The Morgan fingerprint density at radius 1 is 1.44 bits per heavy atom. The Morgan fingerprint density at radius 2 is 2.06 bits per heavy atom. The second-order valence-electron chi connectivity index (χ2n) is 3.73. The number of ether oxygens (including phenoxy) is 1. The van der Waals surface area contributed by atoms with Crippen LogP contribution in [0.5, 0.6) is 0 Å². The minimum absolute atomic E-state index is 0.0356. The lowest BCUT2D eigenvalue weighted by Crippen LogP contribution is -2.41. The summed E-state index contributed by atoms with van der Waals surface area (Å²) >= 11 is 0. The number of carbonyl (C=O) groups excluding carboxylic acids is 1. The van der Waals surface area contributed by atoms with Crippen molar-refractivity contribution in [2.75, 3.05) is 38.8 Å². The predicted octanol–water partition coefficient (Wildman–Crippen LogP) is -1.23. The van der Waals surface area contributed by atoms with Gasteiger partial charge < -0.3 is 15.4 Å². The van der Waals surface area contributed by atoms with Gasteiger partial charge in [-0.05, 0) is 6.92 Å². The molecular formula is C9H20N2O4S. The topological polar surface area (TPSA) is 84.5 Å². The fourth-order valence-corrected chi connectivity index (χ4v) is 1.59. The molecule has 1 unspecified atom stereocenters. The minimum atomic E-state index is -2.97. The Morgan fingerprint density at radius 3 is 2.56 bits per heavy atom. The Hall–Kier alpha value is -0.660. The molecule has 7 heteroatoms. The molecule has 0 aliphatic heterocycles. The second-order valence-corrected chi connectivity index (χ2v) is 5.99. The lowest BCUT2D eigenvalue weighted by atomic mass is 10.3. The van der Waals surface area contributed by atoms with Gasteiger partial charge in [-0.15, -0.1) is 0 Å². The summed E-state index contributed by atoms with van der Waals surface area (Å²) in [6, 6.07) is -0.0470. The van der Waals surface area contributed by atoms with Gasteiger partial charge in [0.15, 0.2) is 0 Å². The molecular weight excluding hydrogens is 232 g/mol. The van der Waals surface area contributed by atoms with Crippen molar-refractivity contribution in [2.24, 2.45) is 0 Å². The molecule has 0 saturated carbocycles. The van der Waals surface area contributed by atoms with Gasteiger partial charge in [-0.1, -0.05) is 0 Å². The molecule has 0 aromatic heterocycles. The highest BCUT2D eigenvalue weighted by molar-refractivity contribution is 7.90. The smallest absolute Gasteiger partial charge is 0.234 e. The van der Waals surface area contributed by atoms with E-state index in [9.17, 15) is 13.2 Å². The zero-order valence-corrected chi connectivity index (χ0v) is 10.8. The van der Waals surface area contributed by atoms with Crippen LogP contribution in [-0.4, -0.2) is 59.2 Å². The van der Waals surface area contributed by atoms with E-state index in [-0.39, 0.29) is 30.8 Å². The van der Waals surface area contributed by atoms with Crippen molar-refractivity contribution in [3.63, 3.8) is 0 Å². The van der Waals surface area contributed by atoms with Crippen molar-refractivity contribution < 1.29 is 17.9 Å². The molecule has 2 N–H and O–H groups in total. The molecule has 0 heterocycles. The van der Waals surface area contributed by atoms with Gasteiger partial charge in [-0.25, -0.2) is 8.42 Å². The molecule has 0 fully saturated rings. The van der Waals surface area contributed by atoms with Gasteiger partial charge in [0.05, 0.1) is 18.9 Å². The van der Waals surface area contributed by atoms with E-state index < -0.39 is 9.84 Å². The maximum atomic E-state index is 11.3. The van der Waals surface area contributed by atoms with Crippen molar-refractivity contribution in [2.45, 2.75) is 13.0 Å². The maximum Gasteiger partial charge on any atom is 0.234 e. The monoisotopic (exact) mass is 252 g/mol. The van der Waals surface area contributed by atoms with Gasteiger partial charge >= 0.3 is 0 Å². The molecule has 1 amide bonds. The van der Waals surface area contributed by atoms with Crippen molar-refractivity contribution >= 4 is 15.7 Å². The second kappa shape index (κ2) is 7.59. The molecule has 0 bridgehead atoms. The van der Waals surface area contributed by atoms with E-state index in [0.29, 0.717) is 6.61 Å². The van der Waals surface area contributed by atoms with Gasteiger partial charge in [0.1, 0.15) is 9.84 Å². The molecule has 6 nitrogen and oxygen atoms in total. The molecule has 0 aliphatic rings. The molecule has 0 radical (unpaired) electrons. The molecule has 0 aromatic carbocycles. The summed E-state index contributed by atoms with van der Waals surface area (Å²) in [5.74, 6) is -0.133. The van der Waals surface area contributed by atoms with Crippen LogP contribution >= 0.6 is 0 Å². The number of nitrogens with one attached hydrogen (secondary N) is 2. The summed E-state index contributed by atoms with van der Waals surface area (Å²) < 4.78 is 26.4. The number of rotatable bonds is 8. The third-order valence-electron chi connectivity index (χ3n) is 1.76. The Kier molecular flexibility index (Phi) is 7.27. The first-order valence-electron chi connectivity index (χ1n) is 5.02. The van der Waals surface area contributed by atoms with E-state index >= 15 is 0 Å². The number of amides is 1.